The average Bonchev–Trinajstić information content (AvgIpc) is 3.05. The Morgan fingerprint density at radius 1 is 1.09 bits per heavy atom. The molecule has 0 radical (unpaired) electrons. The zero-order chi connectivity index (χ0) is 16.4. The lowest BCUT2D eigenvalue weighted by atomic mass is 9.98. The van der Waals surface area contributed by atoms with Gasteiger partial charge in [-0.1, -0.05) is 5.16 Å². The van der Waals surface area contributed by atoms with Gasteiger partial charge in [0.05, 0.1) is 15.9 Å². The minimum absolute atomic E-state index is 0.116. The second-order valence-corrected chi connectivity index (χ2v) is 5.23. The summed E-state index contributed by atoms with van der Waals surface area (Å²) >= 11 is 0. The number of piperidine rings is 1. The van der Waals surface area contributed by atoms with Gasteiger partial charge in [-0.15, -0.1) is 0 Å². The van der Waals surface area contributed by atoms with Gasteiger partial charge in [0.1, 0.15) is 0 Å². The van der Waals surface area contributed by atoms with Crippen molar-refractivity contribution in [3.63, 3.8) is 0 Å². The van der Waals surface area contributed by atoms with E-state index in [-0.39, 0.29) is 28.7 Å². The Balaban J connectivity index is 1.96. The summed E-state index contributed by atoms with van der Waals surface area (Å²) < 4.78 is 5.23. The Bertz CT molecular complexity index is 721. The number of hydrogen-bond acceptors (Lipinski definition) is 8. The lowest BCUT2D eigenvalue weighted by Crippen LogP contribution is -2.26. The van der Waals surface area contributed by atoms with Gasteiger partial charge < -0.3 is 9.84 Å². The van der Waals surface area contributed by atoms with Crippen molar-refractivity contribution in [2.24, 2.45) is 0 Å². The first-order valence-corrected chi connectivity index (χ1v) is 7.03. The van der Waals surface area contributed by atoms with Gasteiger partial charge in [-0.3, -0.25) is 20.2 Å². The maximum absolute atomic E-state index is 10.9. The van der Waals surface area contributed by atoms with Crippen LogP contribution in [0.15, 0.2) is 22.7 Å². The molecule has 0 aliphatic carbocycles. The summed E-state index contributed by atoms with van der Waals surface area (Å²) in [5.74, 6) is 0.701. The quantitative estimate of drug-likeness (QED) is 0.667. The minimum atomic E-state index is -0.690. The van der Waals surface area contributed by atoms with Crippen LogP contribution in [0.25, 0.3) is 11.4 Å². The molecule has 1 fully saturated rings. The molecule has 2 heterocycles. The van der Waals surface area contributed by atoms with E-state index in [0.717, 1.165) is 32.0 Å². The monoisotopic (exact) mass is 319 g/mol. The number of rotatable bonds is 4. The fourth-order valence-corrected chi connectivity index (χ4v) is 2.52. The van der Waals surface area contributed by atoms with E-state index in [0.29, 0.717) is 5.89 Å². The molecule has 1 aromatic heterocycles. The summed E-state index contributed by atoms with van der Waals surface area (Å²) in [5.41, 5.74) is -0.584. The molecule has 10 nitrogen and oxygen atoms in total. The number of nitro benzene ring substituents is 2. The molecule has 0 unspecified atom stereocenters. The van der Waals surface area contributed by atoms with E-state index in [9.17, 15) is 20.2 Å². The number of nitrogens with one attached hydrogen (secondary N) is 1. The smallest absolute Gasteiger partial charge is 0.277 e. The molecule has 0 saturated carbocycles. The lowest BCUT2D eigenvalue weighted by molar-refractivity contribution is -0.394. The third kappa shape index (κ3) is 3.16. The Morgan fingerprint density at radius 3 is 2.26 bits per heavy atom. The van der Waals surface area contributed by atoms with Crippen molar-refractivity contribution < 1.29 is 14.4 Å². The summed E-state index contributed by atoms with van der Waals surface area (Å²) in [7, 11) is 0. The SMILES string of the molecule is O=[N+]([O-])c1cc(-c2noc(C3CCNCC3)n2)cc([N+](=O)[O-])c1. The number of nitro groups is 2. The van der Waals surface area contributed by atoms with Gasteiger partial charge in [0.2, 0.25) is 11.7 Å². The highest BCUT2D eigenvalue weighted by atomic mass is 16.6. The number of benzene rings is 1. The molecule has 1 aliphatic rings. The van der Waals surface area contributed by atoms with Crippen molar-refractivity contribution in [2.75, 3.05) is 13.1 Å². The van der Waals surface area contributed by atoms with Crippen LogP contribution >= 0.6 is 0 Å². The summed E-state index contributed by atoms with van der Waals surface area (Å²) in [6.07, 6.45) is 1.72. The van der Waals surface area contributed by atoms with Crippen molar-refractivity contribution in [3.8, 4) is 11.4 Å². The zero-order valence-electron chi connectivity index (χ0n) is 12.0. The fraction of sp³-hybridized carbons (Fsp3) is 0.385. The standard InChI is InChI=1S/C13H13N5O5/c19-17(20)10-5-9(6-11(7-10)18(21)22)12-15-13(23-16-12)8-1-3-14-4-2-8/h5-8,14H,1-4H2. The van der Waals surface area contributed by atoms with Crippen LogP contribution in [0, 0.1) is 20.2 Å². The van der Waals surface area contributed by atoms with E-state index < -0.39 is 9.85 Å². The Kier molecular flexibility index (Phi) is 3.98. The topological polar surface area (TPSA) is 137 Å². The molecule has 3 rings (SSSR count). The molecule has 10 heteroatoms. The number of hydrogen-bond donors (Lipinski definition) is 1. The number of nitrogens with zero attached hydrogens (tertiary/aromatic N) is 4. The van der Waals surface area contributed by atoms with E-state index in [2.05, 4.69) is 15.5 Å². The molecule has 0 amide bonds. The van der Waals surface area contributed by atoms with E-state index in [1.54, 1.807) is 0 Å². The predicted octanol–water partition coefficient (Wildman–Crippen LogP) is 2.02. The van der Waals surface area contributed by atoms with Gasteiger partial charge in [-0.05, 0) is 25.9 Å². The molecule has 0 spiro atoms. The van der Waals surface area contributed by atoms with Crippen LogP contribution in [-0.2, 0) is 0 Å². The predicted molar refractivity (Wildman–Crippen MR) is 77.9 cm³/mol. The van der Waals surface area contributed by atoms with Crippen LogP contribution < -0.4 is 5.32 Å². The highest BCUT2D eigenvalue weighted by Crippen LogP contribution is 2.30. The molecule has 1 saturated heterocycles. The van der Waals surface area contributed by atoms with Crippen LogP contribution in [0.5, 0.6) is 0 Å². The van der Waals surface area contributed by atoms with Crippen molar-refractivity contribution in [1.29, 1.82) is 0 Å². The third-order valence-corrected chi connectivity index (χ3v) is 3.71. The molecular weight excluding hydrogens is 306 g/mol. The molecule has 1 aromatic carbocycles. The van der Waals surface area contributed by atoms with Crippen LogP contribution in [0.1, 0.15) is 24.7 Å². The van der Waals surface area contributed by atoms with Gasteiger partial charge >= 0.3 is 0 Å². The molecule has 120 valence electrons. The molecule has 1 N–H and O–H groups in total. The Morgan fingerprint density at radius 2 is 1.70 bits per heavy atom. The van der Waals surface area contributed by atoms with E-state index in [4.69, 9.17) is 4.52 Å². The third-order valence-electron chi connectivity index (χ3n) is 3.71. The summed E-state index contributed by atoms with van der Waals surface area (Å²) in [4.78, 5) is 24.7. The molecule has 2 aromatic rings. The van der Waals surface area contributed by atoms with Gasteiger partial charge in [0.15, 0.2) is 0 Å². The van der Waals surface area contributed by atoms with Gasteiger partial charge in [-0.25, -0.2) is 0 Å². The first kappa shape index (κ1) is 15.0. The van der Waals surface area contributed by atoms with E-state index >= 15 is 0 Å². The van der Waals surface area contributed by atoms with Crippen LogP contribution in [-0.4, -0.2) is 33.1 Å². The number of non-ortho nitro benzene ring substituents is 2. The van der Waals surface area contributed by atoms with E-state index in [1.807, 2.05) is 0 Å². The summed E-state index contributed by atoms with van der Waals surface area (Å²) in [5, 5.41) is 28.9. The summed E-state index contributed by atoms with van der Waals surface area (Å²) in [6, 6.07) is 3.30. The van der Waals surface area contributed by atoms with Crippen molar-refractivity contribution in [1.82, 2.24) is 15.5 Å². The Hall–Kier alpha value is -2.88. The van der Waals surface area contributed by atoms with Gasteiger partial charge in [-0.2, -0.15) is 4.98 Å². The Labute approximate surface area is 129 Å². The van der Waals surface area contributed by atoms with Gasteiger partial charge in [0, 0.05) is 23.6 Å². The average molecular weight is 319 g/mol. The molecule has 0 atom stereocenters. The van der Waals surface area contributed by atoms with Gasteiger partial charge in [0.25, 0.3) is 11.4 Å². The maximum atomic E-state index is 10.9. The maximum Gasteiger partial charge on any atom is 0.277 e. The highest BCUT2D eigenvalue weighted by Gasteiger charge is 2.24. The normalized spacial score (nSPS) is 15.5. The first-order valence-electron chi connectivity index (χ1n) is 7.03. The molecular formula is C13H13N5O5. The second-order valence-electron chi connectivity index (χ2n) is 5.23. The zero-order valence-corrected chi connectivity index (χ0v) is 12.0. The molecule has 23 heavy (non-hydrogen) atoms. The highest BCUT2D eigenvalue weighted by molar-refractivity contribution is 5.64. The van der Waals surface area contributed by atoms with Crippen molar-refractivity contribution in [3.05, 3.63) is 44.3 Å². The summed E-state index contributed by atoms with van der Waals surface area (Å²) in [6.45, 7) is 1.70. The lowest BCUT2D eigenvalue weighted by Gasteiger charge is -2.18. The van der Waals surface area contributed by atoms with Crippen LogP contribution in [0.2, 0.25) is 0 Å². The minimum Gasteiger partial charge on any atom is -0.339 e. The first-order chi connectivity index (χ1) is 11.0. The number of aromatic nitrogens is 2. The second kappa shape index (κ2) is 6.08. The van der Waals surface area contributed by atoms with Crippen molar-refractivity contribution in [2.45, 2.75) is 18.8 Å². The van der Waals surface area contributed by atoms with Crippen LogP contribution in [0.4, 0.5) is 11.4 Å². The molecule has 1 aliphatic heterocycles. The van der Waals surface area contributed by atoms with E-state index in [1.165, 1.54) is 12.1 Å². The van der Waals surface area contributed by atoms with Crippen molar-refractivity contribution >= 4 is 11.4 Å². The molecule has 0 bridgehead atoms. The fourth-order valence-electron chi connectivity index (χ4n) is 2.52. The largest absolute Gasteiger partial charge is 0.339 e. The van der Waals surface area contributed by atoms with Crippen LogP contribution in [0.3, 0.4) is 0 Å².